The highest BCUT2D eigenvalue weighted by molar-refractivity contribution is 5.43. The van der Waals surface area contributed by atoms with Gasteiger partial charge in [0.05, 0.1) is 5.56 Å². The molecule has 0 amide bonds. The van der Waals surface area contributed by atoms with Crippen molar-refractivity contribution in [1.29, 1.82) is 0 Å². The van der Waals surface area contributed by atoms with Gasteiger partial charge in [0, 0.05) is 17.7 Å². The molecule has 5 heteroatoms. The van der Waals surface area contributed by atoms with E-state index in [1.807, 2.05) is 60.7 Å². The van der Waals surface area contributed by atoms with Crippen molar-refractivity contribution in [3.63, 3.8) is 0 Å². The van der Waals surface area contributed by atoms with Crippen LogP contribution in [0.5, 0.6) is 11.5 Å². The number of halogens is 2. The van der Waals surface area contributed by atoms with Gasteiger partial charge >= 0.3 is 0 Å². The summed E-state index contributed by atoms with van der Waals surface area (Å²) < 4.78 is 41.0. The van der Waals surface area contributed by atoms with E-state index in [1.165, 1.54) is 0 Å². The predicted molar refractivity (Wildman–Crippen MR) is 118 cm³/mol. The van der Waals surface area contributed by atoms with Gasteiger partial charge in [0.1, 0.15) is 42.5 Å². The molecule has 0 heterocycles. The van der Waals surface area contributed by atoms with Gasteiger partial charge in [-0.25, -0.2) is 8.78 Å². The highest BCUT2D eigenvalue weighted by atomic mass is 19.1. The van der Waals surface area contributed by atoms with E-state index < -0.39 is 23.3 Å². The molecule has 0 spiro atoms. The SMILES string of the molecule is OC(c1ccccc1OCc1ccccc1)c1c(F)cc(OCc2ccccc2)cc1F. The standard InChI is InChI=1S/C27H22F2O3/c28-23-15-21(31-17-19-9-3-1-4-10-19)16-24(29)26(23)27(30)22-13-7-8-14-25(22)32-18-20-11-5-2-6-12-20/h1-16,27,30H,17-18H2. The Kier molecular flexibility index (Phi) is 6.78. The zero-order valence-corrected chi connectivity index (χ0v) is 17.2. The minimum absolute atomic E-state index is 0.0495. The van der Waals surface area contributed by atoms with Crippen molar-refractivity contribution in [3.8, 4) is 11.5 Å². The van der Waals surface area contributed by atoms with E-state index in [4.69, 9.17) is 9.47 Å². The van der Waals surface area contributed by atoms with Crippen molar-refractivity contribution in [3.05, 3.63) is 131 Å². The molecule has 0 saturated heterocycles. The molecule has 4 aromatic carbocycles. The molecule has 4 aromatic rings. The lowest BCUT2D eigenvalue weighted by Gasteiger charge is -2.18. The van der Waals surface area contributed by atoms with Gasteiger partial charge in [-0.2, -0.15) is 0 Å². The number of aliphatic hydroxyl groups is 1. The number of hydrogen-bond acceptors (Lipinski definition) is 3. The Labute approximate surface area is 185 Å². The minimum Gasteiger partial charge on any atom is -0.489 e. The molecule has 0 radical (unpaired) electrons. The lowest BCUT2D eigenvalue weighted by molar-refractivity contribution is 0.198. The fourth-order valence-corrected chi connectivity index (χ4v) is 3.38. The average Bonchev–Trinajstić information content (AvgIpc) is 2.82. The van der Waals surface area contributed by atoms with Crippen LogP contribution in [0.25, 0.3) is 0 Å². The van der Waals surface area contributed by atoms with Crippen molar-refractivity contribution in [1.82, 2.24) is 0 Å². The zero-order valence-electron chi connectivity index (χ0n) is 17.2. The van der Waals surface area contributed by atoms with Crippen LogP contribution in [0.2, 0.25) is 0 Å². The van der Waals surface area contributed by atoms with Crippen LogP contribution in [0.1, 0.15) is 28.4 Å². The third-order valence-corrected chi connectivity index (χ3v) is 5.03. The molecule has 1 unspecified atom stereocenters. The Morgan fingerprint density at radius 3 is 1.75 bits per heavy atom. The lowest BCUT2D eigenvalue weighted by Crippen LogP contribution is -2.09. The van der Waals surface area contributed by atoms with Crippen LogP contribution >= 0.6 is 0 Å². The summed E-state index contributed by atoms with van der Waals surface area (Å²) in [5.74, 6) is -1.38. The van der Waals surface area contributed by atoms with Gasteiger partial charge in [0.25, 0.3) is 0 Å². The maximum Gasteiger partial charge on any atom is 0.135 e. The van der Waals surface area contributed by atoms with Crippen LogP contribution in [-0.2, 0) is 13.2 Å². The first-order valence-corrected chi connectivity index (χ1v) is 10.2. The molecule has 0 aromatic heterocycles. The Hall–Kier alpha value is -3.70. The van der Waals surface area contributed by atoms with Crippen LogP contribution in [0.3, 0.4) is 0 Å². The molecule has 0 fully saturated rings. The first-order chi connectivity index (χ1) is 15.6. The van der Waals surface area contributed by atoms with E-state index in [1.54, 1.807) is 24.3 Å². The molecular weight excluding hydrogens is 410 g/mol. The molecule has 0 saturated carbocycles. The maximum absolute atomic E-state index is 14.8. The summed E-state index contributed by atoms with van der Waals surface area (Å²) in [5.41, 5.74) is 1.64. The van der Waals surface area contributed by atoms with Gasteiger partial charge in [-0.05, 0) is 17.2 Å². The van der Waals surface area contributed by atoms with Crippen molar-refractivity contribution < 1.29 is 23.4 Å². The summed E-state index contributed by atoms with van der Waals surface area (Å²) >= 11 is 0. The molecule has 0 aliphatic rings. The molecular formula is C27H22F2O3. The fourth-order valence-electron chi connectivity index (χ4n) is 3.38. The van der Waals surface area contributed by atoms with Gasteiger partial charge in [-0.1, -0.05) is 78.9 Å². The van der Waals surface area contributed by atoms with E-state index in [0.29, 0.717) is 5.75 Å². The van der Waals surface area contributed by atoms with Crippen molar-refractivity contribution >= 4 is 0 Å². The normalized spacial score (nSPS) is 11.7. The summed E-state index contributed by atoms with van der Waals surface area (Å²) in [6.07, 6.45) is -1.54. The molecule has 1 atom stereocenters. The number of aliphatic hydroxyl groups excluding tert-OH is 1. The molecule has 4 rings (SSSR count). The van der Waals surface area contributed by atoms with E-state index in [9.17, 15) is 13.9 Å². The molecule has 3 nitrogen and oxygen atoms in total. The van der Waals surface area contributed by atoms with E-state index in [0.717, 1.165) is 23.3 Å². The molecule has 0 aliphatic carbocycles. The van der Waals surface area contributed by atoms with Crippen LogP contribution in [0, 0.1) is 11.6 Å². The second kappa shape index (κ2) is 10.1. The summed E-state index contributed by atoms with van der Waals surface area (Å²) in [7, 11) is 0. The number of benzene rings is 4. The Balaban J connectivity index is 1.53. The highest BCUT2D eigenvalue weighted by Gasteiger charge is 2.24. The first kappa shape index (κ1) is 21.5. The first-order valence-electron chi connectivity index (χ1n) is 10.2. The summed E-state index contributed by atoms with van der Waals surface area (Å²) in [5, 5.41) is 10.8. The van der Waals surface area contributed by atoms with Crippen LogP contribution in [0.4, 0.5) is 8.78 Å². The van der Waals surface area contributed by atoms with E-state index in [-0.39, 0.29) is 24.5 Å². The second-order valence-electron chi connectivity index (χ2n) is 7.29. The van der Waals surface area contributed by atoms with Gasteiger partial charge in [-0.15, -0.1) is 0 Å². The number of para-hydroxylation sites is 1. The smallest absolute Gasteiger partial charge is 0.135 e. The van der Waals surface area contributed by atoms with Crippen LogP contribution < -0.4 is 9.47 Å². The van der Waals surface area contributed by atoms with Crippen molar-refractivity contribution in [2.75, 3.05) is 0 Å². The van der Waals surface area contributed by atoms with Gasteiger partial charge in [0.2, 0.25) is 0 Å². The monoisotopic (exact) mass is 432 g/mol. The average molecular weight is 432 g/mol. The fraction of sp³-hybridized carbons (Fsp3) is 0.111. The highest BCUT2D eigenvalue weighted by Crippen LogP contribution is 2.34. The minimum atomic E-state index is -1.54. The largest absolute Gasteiger partial charge is 0.489 e. The summed E-state index contributed by atoms with van der Waals surface area (Å²) in [6, 6.07) is 27.7. The van der Waals surface area contributed by atoms with Crippen LogP contribution in [0.15, 0.2) is 97.1 Å². The number of rotatable bonds is 8. The van der Waals surface area contributed by atoms with E-state index in [2.05, 4.69) is 0 Å². The molecule has 32 heavy (non-hydrogen) atoms. The van der Waals surface area contributed by atoms with Crippen LogP contribution in [-0.4, -0.2) is 5.11 Å². The quantitative estimate of drug-likeness (QED) is 0.360. The van der Waals surface area contributed by atoms with Gasteiger partial charge in [-0.3, -0.25) is 0 Å². The number of ether oxygens (including phenoxy) is 2. The zero-order chi connectivity index (χ0) is 22.3. The molecule has 0 bridgehead atoms. The lowest BCUT2D eigenvalue weighted by atomic mass is 9.99. The summed E-state index contributed by atoms with van der Waals surface area (Å²) in [4.78, 5) is 0. The van der Waals surface area contributed by atoms with Gasteiger partial charge in [0.15, 0.2) is 0 Å². The van der Waals surface area contributed by atoms with E-state index >= 15 is 0 Å². The van der Waals surface area contributed by atoms with Crippen molar-refractivity contribution in [2.24, 2.45) is 0 Å². The Bertz CT molecular complexity index is 1140. The Morgan fingerprint density at radius 2 is 1.16 bits per heavy atom. The Morgan fingerprint density at radius 1 is 0.656 bits per heavy atom. The maximum atomic E-state index is 14.8. The molecule has 0 aliphatic heterocycles. The third kappa shape index (κ3) is 5.13. The van der Waals surface area contributed by atoms with Crippen molar-refractivity contribution in [2.45, 2.75) is 19.3 Å². The predicted octanol–water partition coefficient (Wildman–Crippen LogP) is 6.20. The van der Waals surface area contributed by atoms with Gasteiger partial charge < -0.3 is 14.6 Å². The third-order valence-electron chi connectivity index (χ3n) is 5.03. The number of hydrogen-bond donors (Lipinski definition) is 1. The second-order valence-corrected chi connectivity index (χ2v) is 7.29. The topological polar surface area (TPSA) is 38.7 Å². The molecule has 162 valence electrons. The molecule has 1 N–H and O–H groups in total. The summed E-state index contributed by atoms with van der Waals surface area (Å²) in [6.45, 7) is 0.444.